The van der Waals surface area contributed by atoms with Crippen LogP contribution in [0.5, 0.6) is 0 Å². The fourth-order valence-corrected chi connectivity index (χ4v) is 2.48. The molecule has 5 nitrogen and oxygen atoms in total. The summed E-state index contributed by atoms with van der Waals surface area (Å²) >= 11 is 0. The van der Waals surface area contributed by atoms with Crippen LogP contribution in [0.2, 0.25) is 0 Å². The molecule has 116 valence electrons. The van der Waals surface area contributed by atoms with Gasteiger partial charge in [-0.05, 0) is 24.1 Å². The molecular formula is C18H15NO4. The highest BCUT2D eigenvalue weighted by Gasteiger charge is 2.39. The van der Waals surface area contributed by atoms with Crippen molar-refractivity contribution >= 4 is 17.8 Å². The fourth-order valence-electron chi connectivity index (χ4n) is 2.48. The summed E-state index contributed by atoms with van der Waals surface area (Å²) in [5, 5.41) is 0.550. The number of hydrogen-bond donors (Lipinski definition) is 0. The van der Waals surface area contributed by atoms with E-state index in [4.69, 9.17) is 4.84 Å². The third-order valence-electron chi connectivity index (χ3n) is 3.73. The average Bonchev–Trinajstić information content (AvgIpc) is 2.81. The molecule has 1 atom stereocenters. The zero-order chi connectivity index (χ0) is 16.4. The molecule has 5 heteroatoms. The van der Waals surface area contributed by atoms with Gasteiger partial charge >= 0.3 is 5.97 Å². The highest BCUT2D eigenvalue weighted by atomic mass is 16.7. The van der Waals surface area contributed by atoms with Gasteiger partial charge in [-0.3, -0.25) is 9.59 Å². The van der Waals surface area contributed by atoms with Crippen LogP contribution in [0.15, 0.2) is 54.6 Å². The fraction of sp³-hybridized carbons (Fsp3) is 0.167. The number of hydrogen-bond acceptors (Lipinski definition) is 4. The van der Waals surface area contributed by atoms with Crippen LogP contribution in [0.4, 0.5) is 0 Å². The van der Waals surface area contributed by atoms with Crippen molar-refractivity contribution in [1.29, 1.82) is 0 Å². The molecule has 0 aliphatic carbocycles. The van der Waals surface area contributed by atoms with Crippen LogP contribution in [0, 0.1) is 5.92 Å². The van der Waals surface area contributed by atoms with Gasteiger partial charge in [0, 0.05) is 0 Å². The zero-order valence-electron chi connectivity index (χ0n) is 12.6. The van der Waals surface area contributed by atoms with E-state index in [9.17, 15) is 14.4 Å². The van der Waals surface area contributed by atoms with Gasteiger partial charge in [0.25, 0.3) is 11.8 Å². The smallest absolute Gasteiger partial charge is 0.329 e. The lowest BCUT2D eigenvalue weighted by Gasteiger charge is -2.16. The van der Waals surface area contributed by atoms with Crippen LogP contribution in [0.1, 0.15) is 33.2 Å². The van der Waals surface area contributed by atoms with Crippen LogP contribution in [0.3, 0.4) is 0 Å². The van der Waals surface area contributed by atoms with Gasteiger partial charge in [0.2, 0.25) is 0 Å². The summed E-state index contributed by atoms with van der Waals surface area (Å²) in [6.07, 6.45) is 0.475. The SMILES string of the molecule is C[C@H](Cc1ccccc1)C(=O)ON1C(=O)c2ccccc2C1=O. The minimum Gasteiger partial charge on any atom is -0.329 e. The van der Waals surface area contributed by atoms with Gasteiger partial charge < -0.3 is 4.84 Å². The van der Waals surface area contributed by atoms with E-state index in [0.29, 0.717) is 11.5 Å². The van der Waals surface area contributed by atoms with Gasteiger partial charge in [0.05, 0.1) is 17.0 Å². The number of rotatable bonds is 4. The second-order valence-corrected chi connectivity index (χ2v) is 5.45. The van der Waals surface area contributed by atoms with E-state index in [2.05, 4.69) is 0 Å². The van der Waals surface area contributed by atoms with E-state index in [1.54, 1.807) is 19.1 Å². The van der Waals surface area contributed by atoms with Gasteiger partial charge in [-0.25, -0.2) is 4.79 Å². The lowest BCUT2D eigenvalue weighted by molar-refractivity contribution is -0.173. The summed E-state index contributed by atoms with van der Waals surface area (Å²) in [5.41, 5.74) is 1.49. The Bertz CT molecular complexity index is 735. The summed E-state index contributed by atoms with van der Waals surface area (Å²) in [6.45, 7) is 1.70. The monoisotopic (exact) mass is 309 g/mol. The van der Waals surface area contributed by atoms with Crippen molar-refractivity contribution in [3.05, 3.63) is 71.3 Å². The summed E-state index contributed by atoms with van der Waals surface area (Å²) in [7, 11) is 0. The average molecular weight is 309 g/mol. The summed E-state index contributed by atoms with van der Waals surface area (Å²) in [5.74, 6) is -2.29. The molecule has 0 unspecified atom stereocenters. The number of hydroxylamine groups is 2. The standard InChI is InChI=1S/C18H15NO4/c1-12(11-13-7-3-2-4-8-13)18(22)23-19-16(20)14-9-5-6-10-15(14)17(19)21/h2-10,12H,11H2,1H3/t12-/m1/s1. The van der Waals surface area contributed by atoms with Gasteiger partial charge in [-0.15, -0.1) is 0 Å². The van der Waals surface area contributed by atoms with Crippen LogP contribution in [0.25, 0.3) is 0 Å². The Morgan fingerprint density at radius 1 is 0.957 bits per heavy atom. The second-order valence-electron chi connectivity index (χ2n) is 5.45. The van der Waals surface area contributed by atoms with Crippen molar-refractivity contribution in [2.24, 2.45) is 5.92 Å². The number of benzene rings is 2. The molecule has 3 rings (SSSR count). The zero-order valence-corrected chi connectivity index (χ0v) is 12.6. The molecule has 0 aromatic heterocycles. The number of carbonyl (C=O) groups is 3. The maximum atomic E-state index is 12.2. The first-order valence-corrected chi connectivity index (χ1v) is 7.31. The molecule has 1 heterocycles. The number of carbonyl (C=O) groups excluding carboxylic acids is 3. The first kappa shape index (κ1) is 15.0. The van der Waals surface area contributed by atoms with Crippen LogP contribution < -0.4 is 0 Å². The lowest BCUT2D eigenvalue weighted by atomic mass is 10.0. The predicted octanol–water partition coefficient (Wildman–Crippen LogP) is 2.62. The maximum absolute atomic E-state index is 12.2. The third-order valence-corrected chi connectivity index (χ3v) is 3.73. The summed E-state index contributed by atoms with van der Waals surface area (Å²) in [6, 6.07) is 15.9. The first-order valence-electron chi connectivity index (χ1n) is 7.31. The van der Waals surface area contributed by atoms with Gasteiger partial charge in [-0.1, -0.05) is 54.5 Å². The Labute approximate surface area is 133 Å². The molecule has 0 spiro atoms. The van der Waals surface area contributed by atoms with Gasteiger partial charge in [-0.2, -0.15) is 0 Å². The van der Waals surface area contributed by atoms with Gasteiger partial charge in [0.1, 0.15) is 0 Å². The number of amides is 2. The van der Waals surface area contributed by atoms with Crippen molar-refractivity contribution in [1.82, 2.24) is 5.06 Å². The minimum absolute atomic E-state index is 0.251. The van der Waals surface area contributed by atoms with Gasteiger partial charge in [0.15, 0.2) is 0 Å². The molecule has 0 N–H and O–H groups in total. The van der Waals surface area contributed by atoms with E-state index in [-0.39, 0.29) is 11.1 Å². The number of nitrogens with zero attached hydrogens (tertiary/aromatic N) is 1. The van der Waals surface area contributed by atoms with Crippen LogP contribution in [-0.4, -0.2) is 22.8 Å². The van der Waals surface area contributed by atoms with E-state index < -0.39 is 23.7 Å². The highest BCUT2D eigenvalue weighted by Crippen LogP contribution is 2.23. The number of imide groups is 1. The minimum atomic E-state index is -0.608. The van der Waals surface area contributed by atoms with Crippen molar-refractivity contribution in [2.45, 2.75) is 13.3 Å². The summed E-state index contributed by atoms with van der Waals surface area (Å²) in [4.78, 5) is 41.5. The molecule has 0 bridgehead atoms. The van der Waals surface area contributed by atoms with E-state index in [1.807, 2.05) is 30.3 Å². The second kappa shape index (κ2) is 6.04. The maximum Gasteiger partial charge on any atom is 0.336 e. The normalized spacial score (nSPS) is 14.6. The molecule has 1 aliphatic rings. The molecule has 0 radical (unpaired) electrons. The molecule has 2 amide bonds. The summed E-state index contributed by atoms with van der Waals surface area (Å²) < 4.78 is 0. The lowest BCUT2D eigenvalue weighted by Crippen LogP contribution is -2.35. The topological polar surface area (TPSA) is 63.7 Å². The Morgan fingerprint density at radius 2 is 1.48 bits per heavy atom. The van der Waals surface area contributed by atoms with Crippen molar-refractivity contribution in [2.75, 3.05) is 0 Å². The predicted molar refractivity (Wildman–Crippen MR) is 82.3 cm³/mol. The molecule has 0 saturated heterocycles. The van der Waals surface area contributed by atoms with Crippen molar-refractivity contribution in [3.63, 3.8) is 0 Å². The number of fused-ring (bicyclic) bond motifs is 1. The van der Waals surface area contributed by atoms with Crippen molar-refractivity contribution < 1.29 is 19.2 Å². The van der Waals surface area contributed by atoms with Crippen LogP contribution >= 0.6 is 0 Å². The molecule has 0 saturated carbocycles. The van der Waals surface area contributed by atoms with E-state index in [0.717, 1.165) is 5.56 Å². The molecule has 1 aliphatic heterocycles. The first-order chi connectivity index (χ1) is 11.1. The van der Waals surface area contributed by atoms with E-state index in [1.165, 1.54) is 12.1 Å². The highest BCUT2D eigenvalue weighted by molar-refractivity contribution is 6.20. The molecule has 23 heavy (non-hydrogen) atoms. The molecule has 2 aromatic rings. The quantitative estimate of drug-likeness (QED) is 0.814. The molecular weight excluding hydrogens is 294 g/mol. The Balaban J connectivity index is 1.69. The van der Waals surface area contributed by atoms with E-state index >= 15 is 0 Å². The Kier molecular flexibility index (Phi) is 3.93. The largest absolute Gasteiger partial charge is 0.336 e. The molecule has 0 fully saturated rings. The molecule has 2 aromatic carbocycles. The Hall–Kier alpha value is -2.95. The Morgan fingerprint density at radius 3 is 2.04 bits per heavy atom. The third kappa shape index (κ3) is 2.85. The van der Waals surface area contributed by atoms with Crippen LogP contribution in [-0.2, 0) is 16.1 Å². The van der Waals surface area contributed by atoms with Crippen molar-refractivity contribution in [3.8, 4) is 0 Å².